The van der Waals surface area contributed by atoms with Gasteiger partial charge < -0.3 is 14.2 Å². The van der Waals surface area contributed by atoms with Gasteiger partial charge in [0.25, 0.3) is 0 Å². The van der Waals surface area contributed by atoms with Crippen LogP contribution >= 0.6 is 0 Å². The van der Waals surface area contributed by atoms with Crippen molar-refractivity contribution < 1.29 is 14.2 Å². The van der Waals surface area contributed by atoms with Gasteiger partial charge in [-0.05, 0) is 13.3 Å². The van der Waals surface area contributed by atoms with Crippen molar-refractivity contribution in [2.45, 2.75) is 20.3 Å². The molecule has 0 aliphatic rings. The molecular formula is C12H17O3. The molecule has 0 saturated carbocycles. The monoisotopic (exact) mass is 209 g/mol. The number of methoxy groups -OCH3 is 1. The summed E-state index contributed by atoms with van der Waals surface area (Å²) in [5.74, 6) is 2.05. The maximum absolute atomic E-state index is 5.50. The second kappa shape index (κ2) is 6.17. The van der Waals surface area contributed by atoms with Gasteiger partial charge in [-0.2, -0.15) is 0 Å². The minimum absolute atomic E-state index is 0.608. The Morgan fingerprint density at radius 2 is 1.87 bits per heavy atom. The van der Waals surface area contributed by atoms with E-state index in [4.69, 9.17) is 14.2 Å². The number of ether oxygens (including phenoxy) is 3. The van der Waals surface area contributed by atoms with Crippen molar-refractivity contribution in [3.05, 3.63) is 18.2 Å². The molecule has 0 aromatic heterocycles. The Labute approximate surface area is 91.0 Å². The number of hydrogen-bond donors (Lipinski definition) is 0. The SMILES string of the molecule is CCCOc1cc(OC)[c]c(OCC)c1. The van der Waals surface area contributed by atoms with E-state index in [1.165, 1.54) is 0 Å². The van der Waals surface area contributed by atoms with Gasteiger partial charge in [-0.3, -0.25) is 0 Å². The Hall–Kier alpha value is -1.38. The van der Waals surface area contributed by atoms with Gasteiger partial charge >= 0.3 is 0 Å². The highest BCUT2D eigenvalue weighted by molar-refractivity contribution is 5.40. The minimum atomic E-state index is 0.608. The van der Waals surface area contributed by atoms with Crippen LogP contribution in [0.3, 0.4) is 0 Å². The van der Waals surface area contributed by atoms with Crippen LogP contribution in [0.15, 0.2) is 12.1 Å². The highest BCUT2D eigenvalue weighted by Crippen LogP contribution is 2.26. The molecule has 15 heavy (non-hydrogen) atoms. The number of hydrogen-bond acceptors (Lipinski definition) is 3. The van der Waals surface area contributed by atoms with E-state index < -0.39 is 0 Å². The van der Waals surface area contributed by atoms with Gasteiger partial charge in [-0.25, -0.2) is 0 Å². The molecule has 0 saturated heterocycles. The minimum Gasteiger partial charge on any atom is -0.496 e. The van der Waals surface area contributed by atoms with Gasteiger partial charge in [0.1, 0.15) is 17.2 Å². The predicted molar refractivity (Wildman–Crippen MR) is 58.8 cm³/mol. The highest BCUT2D eigenvalue weighted by Gasteiger charge is 2.03. The first kappa shape index (κ1) is 11.7. The average Bonchev–Trinajstić information content (AvgIpc) is 2.26. The van der Waals surface area contributed by atoms with Crippen molar-refractivity contribution in [1.29, 1.82) is 0 Å². The van der Waals surface area contributed by atoms with E-state index in [9.17, 15) is 0 Å². The molecule has 0 amide bonds. The van der Waals surface area contributed by atoms with Gasteiger partial charge in [-0.15, -0.1) is 0 Å². The molecule has 0 spiro atoms. The molecule has 0 atom stereocenters. The molecule has 1 radical (unpaired) electrons. The fourth-order valence-corrected chi connectivity index (χ4v) is 1.14. The van der Waals surface area contributed by atoms with Crippen molar-refractivity contribution in [3.63, 3.8) is 0 Å². The van der Waals surface area contributed by atoms with E-state index >= 15 is 0 Å². The average molecular weight is 209 g/mol. The quantitative estimate of drug-likeness (QED) is 0.721. The third-order valence-electron chi connectivity index (χ3n) is 1.79. The van der Waals surface area contributed by atoms with E-state index in [1.807, 2.05) is 13.0 Å². The van der Waals surface area contributed by atoms with Crippen LogP contribution < -0.4 is 14.2 Å². The Morgan fingerprint density at radius 1 is 1.13 bits per heavy atom. The molecule has 0 bridgehead atoms. The van der Waals surface area contributed by atoms with Crippen LogP contribution in [-0.4, -0.2) is 20.3 Å². The summed E-state index contributed by atoms with van der Waals surface area (Å²) in [6.45, 7) is 5.30. The summed E-state index contributed by atoms with van der Waals surface area (Å²) in [4.78, 5) is 0. The summed E-state index contributed by atoms with van der Waals surface area (Å²) in [5, 5.41) is 0. The maximum atomic E-state index is 5.50. The van der Waals surface area contributed by atoms with Crippen LogP contribution in [0.5, 0.6) is 17.2 Å². The lowest BCUT2D eigenvalue weighted by Crippen LogP contribution is -1.98. The molecule has 83 valence electrons. The van der Waals surface area contributed by atoms with Crippen molar-refractivity contribution in [2.75, 3.05) is 20.3 Å². The Kier molecular flexibility index (Phi) is 4.81. The van der Waals surface area contributed by atoms with E-state index in [-0.39, 0.29) is 0 Å². The van der Waals surface area contributed by atoms with Gasteiger partial charge in [0.2, 0.25) is 0 Å². The van der Waals surface area contributed by atoms with Crippen LogP contribution in [-0.2, 0) is 0 Å². The summed E-state index contributed by atoms with van der Waals surface area (Å²) in [6.07, 6.45) is 0.977. The van der Waals surface area contributed by atoms with Crippen LogP contribution in [0.4, 0.5) is 0 Å². The van der Waals surface area contributed by atoms with Crippen LogP contribution in [0.1, 0.15) is 20.3 Å². The molecule has 1 aromatic carbocycles. The number of rotatable bonds is 6. The van der Waals surface area contributed by atoms with Crippen molar-refractivity contribution in [1.82, 2.24) is 0 Å². The largest absolute Gasteiger partial charge is 0.496 e. The summed E-state index contributed by atoms with van der Waals surface area (Å²) < 4.78 is 16.0. The zero-order chi connectivity index (χ0) is 11.1. The normalized spacial score (nSPS) is 9.80. The molecule has 0 aliphatic heterocycles. The molecule has 3 nitrogen and oxygen atoms in total. The standard InChI is InChI=1S/C12H17O3/c1-4-6-15-12-8-10(13-3)7-11(9-12)14-5-2/h8-9H,4-6H2,1-3H3. The van der Waals surface area contributed by atoms with E-state index in [0.717, 1.165) is 12.2 Å². The Morgan fingerprint density at radius 3 is 2.47 bits per heavy atom. The molecule has 1 aromatic rings. The highest BCUT2D eigenvalue weighted by atomic mass is 16.5. The second-order valence-corrected chi connectivity index (χ2v) is 3.03. The Balaban J connectivity index is 2.79. The van der Waals surface area contributed by atoms with Crippen molar-refractivity contribution in [2.24, 2.45) is 0 Å². The van der Waals surface area contributed by atoms with Crippen LogP contribution in [0.25, 0.3) is 0 Å². The molecule has 0 heterocycles. The first-order chi connectivity index (χ1) is 7.30. The molecule has 0 aliphatic carbocycles. The van der Waals surface area contributed by atoms with E-state index in [0.29, 0.717) is 24.7 Å². The summed E-state index contributed by atoms with van der Waals surface area (Å²) in [6, 6.07) is 6.61. The second-order valence-electron chi connectivity index (χ2n) is 3.03. The topological polar surface area (TPSA) is 27.7 Å². The van der Waals surface area contributed by atoms with E-state index in [1.54, 1.807) is 13.2 Å². The third-order valence-corrected chi connectivity index (χ3v) is 1.79. The maximum Gasteiger partial charge on any atom is 0.134 e. The molecule has 0 fully saturated rings. The molecule has 0 N–H and O–H groups in total. The lowest BCUT2D eigenvalue weighted by molar-refractivity contribution is 0.304. The van der Waals surface area contributed by atoms with Crippen LogP contribution in [0.2, 0.25) is 0 Å². The van der Waals surface area contributed by atoms with Gasteiger partial charge in [0.15, 0.2) is 0 Å². The summed E-state index contributed by atoms with van der Waals surface area (Å²) in [7, 11) is 1.60. The van der Waals surface area contributed by atoms with Gasteiger partial charge in [0, 0.05) is 12.1 Å². The molecular weight excluding hydrogens is 192 g/mol. The fraction of sp³-hybridized carbons (Fsp3) is 0.500. The van der Waals surface area contributed by atoms with Gasteiger partial charge in [0.05, 0.1) is 26.4 Å². The first-order valence-corrected chi connectivity index (χ1v) is 5.17. The van der Waals surface area contributed by atoms with Gasteiger partial charge in [-0.1, -0.05) is 6.92 Å². The van der Waals surface area contributed by atoms with Crippen LogP contribution in [0, 0.1) is 6.07 Å². The van der Waals surface area contributed by atoms with Crippen molar-refractivity contribution >= 4 is 0 Å². The first-order valence-electron chi connectivity index (χ1n) is 5.17. The smallest absolute Gasteiger partial charge is 0.134 e. The van der Waals surface area contributed by atoms with Crippen molar-refractivity contribution in [3.8, 4) is 17.2 Å². The van der Waals surface area contributed by atoms with E-state index in [2.05, 4.69) is 13.0 Å². The molecule has 3 heteroatoms. The molecule has 1 rings (SSSR count). The zero-order valence-electron chi connectivity index (χ0n) is 9.50. The summed E-state index contributed by atoms with van der Waals surface area (Å²) in [5.41, 5.74) is 0. The number of benzene rings is 1. The lowest BCUT2D eigenvalue weighted by Gasteiger charge is -2.09. The molecule has 0 unspecified atom stereocenters. The summed E-state index contributed by atoms with van der Waals surface area (Å²) >= 11 is 0. The fourth-order valence-electron chi connectivity index (χ4n) is 1.14. The third kappa shape index (κ3) is 3.70. The predicted octanol–water partition coefficient (Wildman–Crippen LogP) is 2.68. The lowest BCUT2D eigenvalue weighted by atomic mass is 10.3. The zero-order valence-corrected chi connectivity index (χ0v) is 9.50. The Bertz CT molecular complexity index is 297.